The lowest BCUT2D eigenvalue weighted by Crippen LogP contribution is -2.40. The zero-order chi connectivity index (χ0) is 18.0. The van der Waals surface area contributed by atoms with Gasteiger partial charge < -0.3 is 14.8 Å². The zero-order valence-corrected chi connectivity index (χ0v) is 15.3. The molecule has 136 valence electrons. The fourth-order valence-corrected chi connectivity index (χ4v) is 2.86. The molecule has 1 rings (SSSR count). The minimum atomic E-state index is -3.57. The van der Waals surface area contributed by atoms with Gasteiger partial charge in [0.25, 0.3) is 0 Å². The van der Waals surface area contributed by atoms with Gasteiger partial charge in [-0.2, -0.15) is 0 Å². The van der Waals surface area contributed by atoms with Crippen LogP contribution in [0.3, 0.4) is 0 Å². The van der Waals surface area contributed by atoms with Gasteiger partial charge in [0, 0.05) is 19.8 Å². The van der Waals surface area contributed by atoms with E-state index in [0.29, 0.717) is 44.2 Å². The maximum Gasteiger partial charge on any atom is 0.240 e. The third kappa shape index (κ3) is 7.18. The second kappa shape index (κ2) is 10.1. The van der Waals surface area contributed by atoms with Crippen LogP contribution in [0.25, 0.3) is 0 Å². The summed E-state index contributed by atoms with van der Waals surface area (Å²) in [5.74, 6) is 0.292. The van der Waals surface area contributed by atoms with Gasteiger partial charge in [0.1, 0.15) is 12.3 Å². The summed E-state index contributed by atoms with van der Waals surface area (Å²) in [6.07, 6.45) is 1.76. The smallest absolute Gasteiger partial charge is 0.240 e. The van der Waals surface area contributed by atoms with Crippen molar-refractivity contribution < 1.29 is 22.7 Å². The summed E-state index contributed by atoms with van der Waals surface area (Å²) in [6, 6.07) is 6.59. The number of ether oxygens (including phenoxy) is 2. The van der Waals surface area contributed by atoms with Crippen LogP contribution >= 0.6 is 0 Å². The molecule has 1 aromatic rings. The minimum absolute atomic E-state index is 0.262. The average molecular weight is 358 g/mol. The van der Waals surface area contributed by atoms with Crippen molar-refractivity contribution in [2.45, 2.75) is 20.3 Å². The Morgan fingerprint density at radius 2 is 1.83 bits per heavy atom. The maximum atomic E-state index is 12.0. The summed E-state index contributed by atoms with van der Waals surface area (Å²) in [5, 5.41) is 2.70. The van der Waals surface area contributed by atoms with Crippen molar-refractivity contribution in [2.75, 3.05) is 43.5 Å². The van der Waals surface area contributed by atoms with Crippen LogP contribution in [-0.2, 0) is 19.6 Å². The lowest BCUT2D eigenvalue weighted by Gasteiger charge is -2.22. The molecule has 0 saturated carbocycles. The van der Waals surface area contributed by atoms with Crippen LogP contribution in [-0.4, -0.2) is 53.5 Å². The lowest BCUT2D eigenvalue weighted by molar-refractivity contribution is -0.119. The van der Waals surface area contributed by atoms with Gasteiger partial charge in [-0.15, -0.1) is 0 Å². The molecule has 0 aliphatic rings. The first-order valence-electron chi connectivity index (χ1n) is 7.93. The van der Waals surface area contributed by atoms with Crippen molar-refractivity contribution in [3.8, 4) is 5.75 Å². The van der Waals surface area contributed by atoms with Crippen LogP contribution in [0.15, 0.2) is 24.3 Å². The van der Waals surface area contributed by atoms with E-state index in [0.717, 1.165) is 10.6 Å². The van der Waals surface area contributed by atoms with Crippen LogP contribution in [0, 0.1) is 0 Å². The number of anilines is 1. The normalized spacial score (nSPS) is 11.1. The van der Waals surface area contributed by atoms with E-state index in [1.54, 1.807) is 24.3 Å². The van der Waals surface area contributed by atoms with Gasteiger partial charge in [-0.1, -0.05) is 0 Å². The average Bonchev–Trinajstić information content (AvgIpc) is 2.53. The highest BCUT2D eigenvalue weighted by Crippen LogP contribution is 2.21. The van der Waals surface area contributed by atoms with Crippen molar-refractivity contribution in [1.82, 2.24) is 5.32 Å². The van der Waals surface area contributed by atoms with E-state index in [-0.39, 0.29) is 12.5 Å². The van der Waals surface area contributed by atoms with E-state index in [9.17, 15) is 13.2 Å². The van der Waals surface area contributed by atoms with Crippen LogP contribution in [0.5, 0.6) is 5.75 Å². The Bertz CT molecular complexity index is 601. The monoisotopic (exact) mass is 358 g/mol. The van der Waals surface area contributed by atoms with Gasteiger partial charge in [-0.05, 0) is 44.5 Å². The second-order valence-electron chi connectivity index (χ2n) is 5.10. The summed E-state index contributed by atoms with van der Waals surface area (Å²) >= 11 is 0. The first-order valence-corrected chi connectivity index (χ1v) is 9.78. The Morgan fingerprint density at radius 3 is 2.38 bits per heavy atom. The van der Waals surface area contributed by atoms with Crippen molar-refractivity contribution in [1.29, 1.82) is 0 Å². The number of benzene rings is 1. The SMILES string of the molecule is CCOCCCNC(=O)CN(c1ccc(OCC)cc1)S(C)(=O)=O. The molecule has 0 aromatic heterocycles. The first kappa shape index (κ1) is 20.2. The van der Waals surface area contributed by atoms with Gasteiger partial charge in [0.2, 0.25) is 15.9 Å². The van der Waals surface area contributed by atoms with Crippen molar-refractivity contribution in [2.24, 2.45) is 0 Å². The van der Waals surface area contributed by atoms with Gasteiger partial charge >= 0.3 is 0 Å². The molecule has 0 heterocycles. The van der Waals surface area contributed by atoms with Crippen molar-refractivity contribution in [3.63, 3.8) is 0 Å². The number of rotatable bonds is 11. The Hall–Kier alpha value is -1.80. The number of amides is 1. The van der Waals surface area contributed by atoms with Gasteiger partial charge in [0.15, 0.2) is 0 Å². The molecule has 1 amide bonds. The third-order valence-electron chi connectivity index (χ3n) is 3.11. The highest BCUT2D eigenvalue weighted by atomic mass is 32.2. The topological polar surface area (TPSA) is 84.9 Å². The Morgan fingerprint density at radius 1 is 1.17 bits per heavy atom. The predicted octanol–water partition coefficient (Wildman–Crippen LogP) is 1.39. The van der Waals surface area contributed by atoms with Gasteiger partial charge in [-0.3, -0.25) is 9.10 Å². The fourth-order valence-electron chi connectivity index (χ4n) is 2.01. The standard InChI is InChI=1S/C16H26N2O5S/c1-4-22-12-6-11-17-16(19)13-18(24(3,20)21)14-7-9-15(10-8-14)23-5-2/h7-10H,4-6,11-13H2,1-3H3,(H,17,19). The Balaban J connectivity index is 2.67. The Kier molecular flexibility index (Phi) is 8.56. The quantitative estimate of drug-likeness (QED) is 0.604. The molecule has 0 atom stereocenters. The van der Waals surface area contributed by atoms with Crippen molar-refractivity contribution >= 4 is 21.6 Å². The number of hydrogen-bond acceptors (Lipinski definition) is 5. The fraction of sp³-hybridized carbons (Fsp3) is 0.562. The molecule has 24 heavy (non-hydrogen) atoms. The Labute approximate surface area is 144 Å². The molecular weight excluding hydrogens is 332 g/mol. The number of carbonyl (C=O) groups excluding carboxylic acids is 1. The zero-order valence-electron chi connectivity index (χ0n) is 14.4. The predicted molar refractivity (Wildman–Crippen MR) is 93.9 cm³/mol. The minimum Gasteiger partial charge on any atom is -0.494 e. The second-order valence-corrected chi connectivity index (χ2v) is 7.00. The number of carbonyl (C=O) groups is 1. The maximum absolute atomic E-state index is 12.0. The molecular formula is C16H26N2O5S. The molecule has 0 bridgehead atoms. The molecule has 0 aliphatic carbocycles. The summed E-state index contributed by atoms with van der Waals surface area (Å²) in [6.45, 7) is 5.67. The van der Waals surface area contributed by atoms with Crippen LogP contribution < -0.4 is 14.4 Å². The van der Waals surface area contributed by atoms with Crippen LogP contribution in [0.1, 0.15) is 20.3 Å². The van der Waals surface area contributed by atoms with Gasteiger partial charge in [0.05, 0.1) is 18.6 Å². The summed E-state index contributed by atoms with van der Waals surface area (Å²) in [7, 11) is -3.57. The molecule has 0 aliphatic heterocycles. The largest absolute Gasteiger partial charge is 0.494 e. The molecule has 7 nitrogen and oxygen atoms in total. The van der Waals surface area contributed by atoms with Crippen LogP contribution in [0.2, 0.25) is 0 Å². The molecule has 0 fully saturated rings. The molecule has 0 spiro atoms. The number of nitrogens with zero attached hydrogens (tertiary/aromatic N) is 1. The molecule has 1 aromatic carbocycles. The molecule has 1 N–H and O–H groups in total. The van der Waals surface area contributed by atoms with Crippen molar-refractivity contribution in [3.05, 3.63) is 24.3 Å². The highest BCUT2D eigenvalue weighted by Gasteiger charge is 2.20. The summed E-state index contributed by atoms with van der Waals surface area (Å²) in [4.78, 5) is 12.0. The molecule has 0 unspecified atom stereocenters. The van der Waals surface area contributed by atoms with E-state index in [4.69, 9.17) is 9.47 Å². The summed E-state index contributed by atoms with van der Waals surface area (Å²) < 4.78 is 35.6. The van der Waals surface area contributed by atoms with E-state index < -0.39 is 10.0 Å². The van der Waals surface area contributed by atoms with E-state index in [2.05, 4.69) is 5.32 Å². The molecule has 0 saturated heterocycles. The third-order valence-corrected chi connectivity index (χ3v) is 4.26. The number of hydrogen-bond donors (Lipinski definition) is 1. The molecule has 8 heteroatoms. The van der Waals surface area contributed by atoms with E-state index in [1.165, 1.54) is 0 Å². The summed E-state index contributed by atoms with van der Waals surface area (Å²) in [5.41, 5.74) is 0.422. The van der Waals surface area contributed by atoms with E-state index in [1.807, 2.05) is 13.8 Å². The highest BCUT2D eigenvalue weighted by molar-refractivity contribution is 7.92. The van der Waals surface area contributed by atoms with Gasteiger partial charge in [-0.25, -0.2) is 8.42 Å². The number of sulfonamides is 1. The van der Waals surface area contributed by atoms with E-state index >= 15 is 0 Å². The number of nitrogens with one attached hydrogen (secondary N) is 1. The van der Waals surface area contributed by atoms with Crippen LogP contribution in [0.4, 0.5) is 5.69 Å². The lowest BCUT2D eigenvalue weighted by atomic mass is 10.3. The molecule has 0 radical (unpaired) electrons. The first-order chi connectivity index (χ1) is 11.4.